The molecule has 2 aromatic rings. The lowest BCUT2D eigenvalue weighted by Crippen LogP contribution is -2.32. The van der Waals surface area contributed by atoms with E-state index in [1.807, 2.05) is 60.7 Å². The SMILES string of the molecule is CC(C)(C)c1ccc(O/C(=C\c2ccccc2)CN2C(=O)CCC2=O)cc1. The third-order valence-corrected chi connectivity index (χ3v) is 4.57. The fourth-order valence-electron chi connectivity index (χ4n) is 2.97. The molecule has 0 unspecified atom stereocenters. The highest BCUT2D eigenvalue weighted by Gasteiger charge is 2.30. The maximum atomic E-state index is 12.0. The number of carbonyl (C=O) groups is 2. The fourth-order valence-corrected chi connectivity index (χ4v) is 2.97. The zero-order valence-corrected chi connectivity index (χ0v) is 16.1. The van der Waals surface area contributed by atoms with Crippen molar-refractivity contribution in [3.8, 4) is 5.75 Å². The lowest BCUT2D eigenvalue weighted by Gasteiger charge is -2.20. The van der Waals surface area contributed by atoms with E-state index >= 15 is 0 Å². The monoisotopic (exact) mass is 363 g/mol. The number of rotatable bonds is 5. The van der Waals surface area contributed by atoms with E-state index in [1.54, 1.807) is 0 Å². The van der Waals surface area contributed by atoms with Crippen LogP contribution in [-0.2, 0) is 15.0 Å². The number of nitrogens with zero attached hydrogens (tertiary/aromatic N) is 1. The zero-order valence-electron chi connectivity index (χ0n) is 16.1. The van der Waals surface area contributed by atoms with Gasteiger partial charge in [-0.05, 0) is 34.8 Å². The van der Waals surface area contributed by atoms with E-state index in [4.69, 9.17) is 4.74 Å². The standard InChI is InChI=1S/C23H25NO3/c1-23(2,3)18-9-11-19(12-10-18)27-20(15-17-7-5-4-6-8-17)16-24-21(25)13-14-22(24)26/h4-12,15H,13-14,16H2,1-3H3/b20-15-. The first kappa shape index (κ1) is 18.9. The Labute approximate surface area is 160 Å². The van der Waals surface area contributed by atoms with Crippen LogP contribution < -0.4 is 4.74 Å². The van der Waals surface area contributed by atoms with E-state index in [0.29, 0.717) is 11.5 Å². The summed E-state index contributed by atoms with van der Waals surface area (Å²) in [6, 6.07) is 17.7. The predicted molar refractivity (Wildman–Crippen MR) is 106 cm³/mol. The molecule has 1 aliphatic heterocycles. The summed E-state index contributed by atoms with van der Waals surface area (Å²) in [5.41, 5.74) is 2.24. The first-order valence-electron chi connectivity index (χ1n) is 9.20. The molecule has 0 radical (unpaired) electrons. The highest BCUT2D eigenvalue weighted by atomic mass is 16.5. The number of hydrogen-bond donors (Lipinski definition) is 0. The van der Waals surface area contributed by atoms with E-state index in [-0.39, 0.29) is 36.6 Å². The summed E-state index contributed by atoms with van der Waals surface area (Å²) in [6.07, 6.45) is 2.42. The van der Waals surface area contributed by atoms with Crippen LogP contribution in [0.3, 0.4) is 0 Å². The molecule has 27 heavy (non-hydrogen) atoms. The number of amides is 2. The third-order valence-electron chi connectivity index (χ3n) is 4.57. The van der Waals surface area contributed by atoms with Crippen LogP contribution in [0.2, 0.25) is 0 Å². The van der Waals surface area contributed by atoms with Gasteiger partial charge in [-0.15, -0.1) is 0 Å². The van der Waals surface area contributed by atoms with Gasteiger partial charge in [0.15, 0.2) is 0 Å². The summed E-state index contributed by atoms with van der Waals surface area (Å²) in [4.78, 5) is 25.3. The molecule has 0 atom stereocenters. The van der Waals surface area contributed by atoms with E-state index < -0.39 is 0 Å². The topological polar surface area (TPSA) is 46.6 Å². The molecule has 0 saturated carbocycles. The summed E-state index contributed by atoms with van der Waals surface area (Å²) >= 11 is 0. The van der Waals surface area contributed by atoms with Crippen molar-refractivity contribution in [2.45, 2.75) is 39.0 Å². The first-order valence-corrected chi connectivity index (χ1v) is 9.20. The highest BCUT2D eigenvalue weighted by Crippen LogP contribution is 2.26. The van der Waals surface area contributed by atoms with Gasteiger partial charge in [0.1, 0.15) is 11.5 Å². The normalized spacial score (nSPS) is 15.4. The van der Waals surface area contributed by atoms with Crippen LogP contribution in [-0.4, -0.2) is 23.3 Å². The highest BCUT2D eigenvalue weighted by molar-refractivity contribution is 6.02. The van der Waals surface area contributed by atoms with Crippen LogP contribution in [0.25, 0.3) is 6.08 Å². The molecule has 0 bridgehead atoms. The molecule has 1 heterocycles. The summed E-state index contributed by atoms with van der Waals surface area (Å²) in [7, 11) is 0. The van der Waals surface area contributed by atoms with Crippen molar-refractivity contribution >= 4 is 17.9 Å². The number of likely N-dealkylation sites (tertiary alicyclic amines) is 1. The van der Waals surface area contributed by atoms with Crippen molar-refractivity contribution in [2.24, 2.45) is 0 Å². The van der Waals surface area contributed by atoms with Gasteiger partial charge in [0.2, 0.25) is 11.8 Å². The molecular formula is C23H25NO3. The summed E-state index contributed by atoms with van der Waals surface area (Å²) in [5, 5.41) is 0. The van der Waals surface area contributed by atoms with Gasteiger partial charge < -0.3 is 4.74 Å². The Balaban J connectivity index is 1.84. The molecule has 0 aliphatic carbocycles. The van der Waals surface area contributed by atoms with Gasteiger partial charge in [-0.25, -0.2) is 0 Å². The maximum absolute atomic E-state index is 12.0. The van der Waals surface area contributed by atoms with Crippen molar-refractivity contribution in [3.63, 3.8) is 0 Å². The number of hydrogen-bond acceptors (Lipinski definition) is 3. The lowest BCUT2D eigenvalue weighted by atomic mass is 9.87. The average Bonchev–Trinajstić information content (AvgIpc) is 2.94. The van der Waals surface area contributed by atoms with Crippen LogP contribution in [0.15, 0.2) is 60.4 Å². The molecule has 0 aromatic heterocycles. The molecule has 4 nitrogen and oxygen atoms in total. The summed E-state index contributed by atoms with van der Waals surface area (Å²) in [5.74, 6) is 0.953. The van der Waals surface area contributed by atoms with Crippen molar-refractivity contribution in [1.82, 2.24) is 4.90 Å². The third kappa shape index (κ3) is 4.85. The Hall–Kier alpha value is -2.88. The van der Waals surface area contributed by atoms with E-state index in [9.17, 15) is 9.59 Å². The number of carbonyl (C=O) groups excluding carboxylic acids is 2. The molecule has 0 N–H and O–H groups in total. The number of ether oxygens (including phenoxy) is 1. The maximum Gasteiger partial charge on any atom is 0.230 e. The Morgan fingerprint density at radius 3 is 2.11 bits per heavy atom. The zero-order chi connectivity index (χ0) is 19.4. The first-order chi connectivity index (χ1) is 12.8. The van der Waals surface area contributed by atoms with E-state index in [0.717, 1.165) is 5.56 Å². The molecule has 1 aliphatic rings. The minimum atomic E-state index is -0.148. The van der Waals surface area contributed by atoms with Crippen LogP contribution in [0.4, 0.5) is 0 Å². The molecule has 4 heteroatoms. The fraction of sp³-hybridized carbons (Fsp3) is 0.304. The van der Waals surface area contributed by atoms with Gasteiger partial charge in [0.25, 0.3) is 0 Å². The minimum Gasteiger partial charge on any atom is -0.460 e. The predicted octanol–water partition coefficient (Wildman–Crippen LogP) is 4.55. The second kappa shape index (κ2) is 7.78. The molecule has 1 fully saturated rings. The van der Waals surface area contributed by atoms with Crippen LogP contribution in [0.5, 0.6) is 5.75 Å². The van der Waals surface area contributed by atoms with Crippen molar-refractivity contribution < 1.29 is 14.3 Å². The second-order valence-corrected chi connectivity index (χ2v) is 7.77. The molecule has 1 saturated heterocycles. The lowest BCUT2D eigenvalue weighted by molar-refractivity contribution is -0.138. The van der Waals surface area contributed by atoms with Crippen molar-refractivity contribution in [3.05, 3.63) is 71.5 Å². The van der Waals surface area contributed by atoms with Gasteiger partial charge in [0.05, 0.1) is 6.54 Å². The van der Waals surface area contributed by atoms with Gasteiger partial charge in [-0.1, -0.05) is 63.2 Å². The van der Waals surface area contributed by atoms with E-state index in [1.165, 1.54) is 10.5 Å². The smallest absolute Gasteiger partial charge is 0.230 e. The van der Waals surface area contributed by atoms with Crippen LogP contribution in [0, 0.1) is 0 Å². The second-order valence-electron chi connectivity index (χ2n) is 7.77. The van der Waals surface area contributed by atoms with Gasteiger partial charge in [0, 0.05) is 12.8 Å². The Kier molecular flexibility index (Phi) is 5.45. The quantitative estimate of drug-likeness (QED) is 0.578. The molecule has 140 valence electrons. The Morgan fingerprint density at radius 1 is 0.963 bits per heavy atom. The molecular weight excluding hydrogens is 338 g/mol. The Morgan fingerprint density at radius 2 is 1.56 bits per heavy atom. The van der Waals surface area contributed by atoms with Crippen molar-refractivity contribution in [1.29, 1.82) is 0 Å². The minimum absolute atomic E-state index is 0.0651. The summed E-state index contributed by atoms with van der Waals surface area (Å²) < 4.78 is 6.06. The number of imide groups is 1. The average molecular weight is 363 g/mol. The molecule has 2 amide bonds. The van der Waals surface area contributed by atoms with Crippen LogP contribution in [0.1, 0.15) is 44.7 Å². The van der Waals surface area contributed by atoms with Gasteiger partial charge in [-0.2, -0.15) is 0 Å². The van der Waals surface area contributed by atoms with Crippen molar-refractivity contribution in [2.75, 3.05) is 6.54 Å². The largest absolute Gasteiger partial charge is 0.460 e. The molecule has 2 aromatic carbocycles. The molecule has 0 spiro atoms. The van der Waals surface area contributed by atoms with Gasteiger partial charge in [-0.3, -0.25) is 14.5 Å². The Bertz CT molecular complexity index is 829. The number of benzene rings is 2. The molecule has 3 rings (SSSR count). The van der Waals surface area contributed by atoms with Crippen LogP contribution >= 0.6 is 0 Å². The van der Waals surface area contributed by atoms with E-state index in [2.05, 4.69) is 20.8 Å². The summed E-state index contributed by atoms with van der Waals surface area (Å²) in [6.45, 7) is 6.63. The van der Waals surface area contributed by atoms with Gasteiger partial charge >= 0.3 is 0 Å².